The van der Waals surface area contributed by atoms with Gasteiger partial charge in [0.1, 0.15) is 17.5 Å². The number of allylic oxidation sites excluding steroid dienone is 1. The lowest BCUT2D eigenvalue weighted by molar-refractivity contribution is -0.136. The third-order valence-electron chi connectivity index (χ3n) is 4.61. The summed E-state index contributed by atoms with van der Waals surface area (Å²) in [5.74, 6) is 0.153. The summed E-state index contributed by atoms with van der Waals surface area (Å²) in [6.07, 6.45) is 1.46. The van der Waals surface area contributed by atoms with Crippen LogP contribution in [0.25, 0.3) is 0 Å². The first-order valence-corrected chi connectivity index (χ1v) is 8.76. The fourth-order valence-electron chi connectivity index (χ4n) is 3.23. The highest BCUT2D eigenvalue weighted by atomic mass is 16.5. The number of nitrogens with one attached hydrogen (secondary N) is 1. The monoisotopic (exact) mass is 411 g/mol. The van der Waals surface area contributed by atoms with Crippen molar-refractivity contribution < 1.29 is 28.2 Å². The minimum atomic E-state index is -0.888. The normalized spacial score (nSPS) is 15.2. The van der Waals surface area contributed by atoms with E-state index in [2.05, 4.69) is 20.8 Å². The van der Waals surface area contributed by atoms with Crippen LogP contribution in [-0.4, -0.2) is 53.3 Å². The predicted molar refractivity (Wildman–Crippen MR) is 101 cm³/mol. The summed E-state index contributed by atoms with van der Waals surface area (Å²) in [4.78, 5) is 26.1. The van der Waals surface area contributed by atoms with Crippen LogP contribution >= 0.6 is 0 Å². The Balaban J connectivity index is 1.91. The van der Waals surface area contributed by atoms with Gasteiger partial charge < -0.3 is 23.9 Å². The number of esters is 1. The van der Waals surface area contributed by atoms with Gasteiger partial charge >= 0.3 is 5.97 Å². The third kappa shape index (κ3) is 3.05. The largest absolute Gasteiger partial charge is 0.493 e. The van der Waals surface area contributed by atoms with Crippen molar-refractivity contribution in [3.63, 3.8) is 0 Å². The van der Waals surface area contributed by atoms with Crippen LogP contribution in [0.3, 0.4) is 0 Å². The van der Waals surface area contributed by atoms with Gasteiger partial charge in [-0.2, -0.15) is 4.68 Å². The molecule has 0 aliphatic carbocycles. The van der Waals surface area contributed by atoms with Crippen molar-refractivity contribution in [2.24, 2.45) is 0 Å². The van der Waals surface area contributed by atoms with Crippen LogP contribution in [-0.2, 0) is 9.53 Å². The Morgan fingerprint density at radius 1 is 1.13 bits per heavy atom. The van der Waals surface area contributed by atoms with Gasteiger partial charge in [0.25, 0.3) is 0 Å². The van der Waals surface area contributed by atoms with E-state index < -0.39 is 17.8 Å². The summed E-state index contributed by atoms with van der Waals surface area (Å²) in [6, 6.07) is 7.14. The zero-order chi connectivity index (χ0) is 21.3. The molecule has 0 unspecified atom stereocenters. The summed E-state index contributed by atoms with van der Waals surface area (Å²) in [7, 11) is 4.18. The first-order valence-electron chi connectivity index (χ1n) is 8.76. The SMILES string of the molecule is COC(=O)C1=C(C(=O)c2ccc(OC)c(OC)c2)[C@H](c2ccco2)n2nnnc2N1. The molecule has 0 amide bonds. The Bertz CT molecular complexity index is 1130. The van der Waals surface area contributed by atoms with E-state index in [0.29, 0.717) is 17.3 Å². The molecule has 11 nitrogen and oxygen atoms in total. The number of hydrogen-bond acceptors (Lipinski definition) is 10. The molecule has 0 fully saturated rings. The number of rotatable bonds is 6. The van der Waals surface area contributed by atoms with Crippen LogP contribution in [0.2, 0.25) is 0 Å². The number of methoxy groups -OCH3 is 3. The highest BCUT2D eigenvalue weighted by molar-refractivity contribution is 6.15. The first kappa shape index (κ1) is 19.2. The number of carbonyl (C=O) groups excluding carboxylic acids is 2. The quantitative estimate of drug-likeness (QED) is 0.471. The van der Waals surface area contributed by atoms with Crippen molar-refractivity contribution in [2.75, 3.05) is 26.6 Å². The van der Waals surface area contributed by atoms with E-state index in [1.165, 1.54) is 38.3 Å². The topological polar surface area (TPSA) is 131 Å². The van der Waals surface area contributed by atoms with Gasteiger partial charge in [0.05, 0.1) is 33.2 Å². The number of hydrogen-bond donors (Lipinski definition) is 1. The number of fused-ring (bicyclic) bond motifs is 1. The molecule has 0 saturated carbocycles. The van der Waals surface area contributed by atoms with Gasteiger partial charge in [-0.05, 0) is 40.8 Å². The molecular weight excluding hydrogens is 394 g/mol. The molecule has 0 radical (unpaired) electrons. The Hall–Kier alpha value is -4.15. The average molecular weight is 411 g/mol. The van der Waals surface area contributed by atoms with E-state index in [1.54, 1.807) is 24.3 Å². The number of ether oxygens (including phenoxy) is 3. The maximum Gasteiger partial charge on any atom is 0.355 e. The summed E-state index contributed by atoms with van der Waals surface area (Å²) in [6.45, 7) is 0. The van der Waals surface area contributed by atoms with E-state index in [4.69, 9.17) is 18.6 Å². The molecule has 4 rings (SSSR count). The Labute approximate surface area is 170 Å². The number of nitrogens with zero attached hydrogens (tertiary/aromatic N) is 4. The van der Waals surface area contributed by atoms with E-state index in [1.807, 2.05) is 0 Å². The zero-order valence-corrected chi connectivity index (χ0v) is 16.3. The molecule has 154 valence electrons. The standard InChI is InChI=1S/C19H17N5O6/c1-27-11-7-6-10(9-13(11)28-2)17(25)14-15(18(26)29-3)20-19-21-22-23-24(19)16(14)12-5-4-8-30-12/h4-9,16H,1-3H3,(H,20,21,23)/t16-/m0/s1. The van der Waals surface area contributed by atoms with Gasteiger partial charge in [-0.15, -0.1) is 0 Å². The average Bonchev–Trinajstić information content (AvgIpc) is 3.48. The molecule has 1 atom stereocenters. The lowest BCUT2D eigenvalue weighted by Gasteiger charge is -2.26. The second kappa shape index (κ2) is 7.70. The molecule has 1 N–H and O–H groups in total. The zero-order valence-electron chi connectivity index (χ0n) is 16.3. The Kier molecular flexibility index (Phi) is 4.92. The van der Waals surface area contributed by atoms with Crippen molar-refractivity contribution in [1.29, 1.82) is 0 Å². The molecule has 1 aliphatic rings. The number of carbonyl (C=O) groups is 2. The van der Waals surface area contributed by atoms with Gasteiger partial charge in [-0.25, -0.2) is 4.79 Å². The minimum Gasteiger partial charge on any atom is -0.493 e. The van der Waals surface area contributed by atoms with Crippen molar-refractivity contribution in [3.05, 3.63) is 59.2 Å². The van der Waals surface area contributed by atoms with Crippen molar-refractivity contribution in [3.8, 4) is 11.5 Å². The van der Waals surface area contributed by atoms with Crippen LogP contribution in [0.1, 0.15) is 22.2 Å². The number of furan rings is 1. The third-order valence-corrected chi connectivity index (χ3v) is 4.61. The van der Waals surface area contributed by atoms with Crippen molar-refractivity contribution in [1.82, 2.24) is 20.2 Å². The number of aromatic nitrogens is 4. The van der Waals surface area contributed by atoms with Gasteiger partial charge in [-0.3, -0.25) is 4.79 Å². The summed E-state index contributed by atoms with van der Waals surface area (Å²) in [5, 5.41) is 14.2. The summed E-state index contributed by atoms with van der Waals surface area (Å²) >= 11 is 0. The molecule has 11 heteroatoms. The van der Waals surface area contributed by atoms with Crippen molar-refractivity contribution in [2.45, 2.75) is 6.04 Å². The number of ketones is 1. The minimum absolute atomic E-state index is 0.0591. The maximum atomic E-state index is 13.6. The molecule has 2 aromatic heterocycles. The smallest absolute Gasteiger partial charge is 0.355 e. The molecule has 3 aromatic rings. The number of tetrazole rings is 1. The molecule has 0 spiro atoms. The summed E-state index contributed by atoms with van der Waals surface area (Å²) in [5.41, 5.74) is 0.240. The summed E-state index contributed by atoms with van der Waals surface area (Å²) < 4.78 is 22.3. The molecule has 1 aliphatic heterocycles. The highest BCUT2D eigenvalue weighted by Crippen LogP contribution is 2.38. The van der Waals surface area contributed by atoms with E-state index in [9.17, 15) is 9.59 Å². The second-order valence-corrected chi connectivity index (χ2v) is 6.17. The van der Waals surface area contributed by atoms with Gasteiger partial charge in [0.15, 0.2) is 17.3 Å². The predicted octanol–water partition coefficient (Wildman–Crippen LogP) is 1.61. The number of anilines is 1. The van der Waals surface area contributed by atoms with E-state index in [0.717, 1.165) is 0 Å². The van der Waals surface area contributed by atoms with Gasteiger partial charge in [0, 0.05) is 5.56 Å². The first-order chi connectivity index (χ1) is 14.6. The van der Waals surface area contributed by atoms with Crippen LogP contribution in [0, 0.1) is 0 Å². The molecule has 3 heterocycles. The van der Waals surface area contributed by atoms with Gasteiger partial charge in [0.2, 0.25) is 5.95 Å². The lowest BCUT2D eigenvalue weighted by atomic mass is 9.92. The molecule has 1 aromatic carbocycles. The van der Waals surface area contributed by atoms with Crippen LogP contribution in [0.15, 0.2) is 52.3 Å². The molecule has 0 saturated heterocycles. The molecular formula is C19H17N5O6. The molecule has 0 bridgehead atoms. The van der Waals surface area contributed by atoms with Crippen LogP contribution < -0.4 is 14.8 Å². The fraction of sp³-hybridized carbons (Fsp3) is 0.211. The van der Waals surface area contributed by atoms with E-state index in [-0.39, 0.29) is 22.8 Å². The highest BCUT2D eigenvalue weighted by Gasteiger charge is 2.40. The lowest BCUT2D eigenvalue weighted by Crippen LogP contribution is -2.32. The second-order valence-electron chi connectivity index (χ2n) is 6.17. The fourth-order valence-corrected chi connectivity index (χ4v) is 3.23. The van der Waals surface area contributed by atoms with Gasteiger partial charge in [-0.1, -0.05) is 5.10 Å². The van der Waals surface area contributed by atoms with E-state index >= 15 is 0 Å². The van der Waals surface area contributed by atoms with Crippen molar-refractivity contribution >= 4 is 17.7 Å². The van der Waals surface area contributed by atoms with Crippen LogP contribution in [0.5, 0.6) is 11.5 Å². The Morgan fingerprint density at radius 3 is 2.60 bits per heavy atom. The number of benzene rings is 1. The van der Waals surface area contributed by atoms with Crippen LogP contribution in [0.4, 0.5) is 5.95 Å². The molecule has 30 heavy (non-hydrogen) atoms. The maximum absolute atomic E-state index is 13.6. The number of Topliss-reactive ketones (excluding diaryl/α,β-unsaturated/α-hetero) is 1. The Morgan fingerprint density at radius 2 is 1.93 bits per heavy atom.